The summed E-state index contributed by atoms with van der Waals surface area (Å²) in [6.07, 6.45) is 0. The lowest BCUT2D eigenvalue weighted by Crippen LogP contribution is -2.12. The topological polar surface area (TPSA) is 29.1 Å². The minimum atomic E-state index is -0.146. The minimum Gasteiger partial charge on any atom is -0.321 e. The maximum Gasteiger partial charge on any atom is 0.255 e. The lowest BCUT2D eigenvalue weighted by molar-refractivity contribution is 0.102. The van der Waals surface area contributed by atoms with Crippen molar-refractivity contribution in [1.29, 1.82) is 0 Å². The second kappa shape index (κ2) is 6.04. The number of carbonyl (C=O) groups is 1. The third-order valence-corrected chi connectivity index (χ3v) is 3.92. The van der Waals surface area contributed by atoms with Gasteiger partial charge < -0.3 is 5.32 Å². The molecule has 0 saturated heterocycles. The first-order chi connectivity index (χ1) is 8.56. The number of carbonyl (C=O) groups excluding carboxylic acids is 1. The highest BCUT2D eigenvalue weighted by Gasteiger charge is 2.08. The monoisotopic (exact) mass is 435 g/mol. The van der Waals surface area contributed by atoms with Crippen molar-refractivity contribution < 1.29 is 4.79 Å². The molecule has 0 bridgehead atoms. The van der Waals surface area contributed by atoms with Gasteiger partial charge in [-0.05, 0) is 65.1 Å². The first-order valence-corrected chi connectivity index (χ1v) is 7.33. The van der Waals surface area contributed by atoms with Gasteiger partial charge in [0.25, 0.3) is 5.91 Å². The van der Waals surface area contributed by atoms with E-state index in [1.54, 1.807) is 24.3 Å². The predicted molar refractivity (Wildman–Crippen MR) is 86.3 cm³/mol. The zero-order chi connectivity index (χ0) is 13.1. The predicted octanol–water partition coefficient (Wildman–Crippen LogP) is 4.96. The van der Waals surface area contributed by atoms with Crippen LogP contribution >= 0.6 is 50.1 Å². The maximum atomic E-state index is 12.0. The minimum absolute atomic E-state index is 0.146. The second-order valence-electron chi connectivity index (χ2n) is 3.59. The van der Waals surface area contributed by atoms with Crippen molar-refractivity contribution in [2.45, 2.75) is 0 Å². The molecule has 0 aliphatic rings. The number of nitrogens with one attached hydrogen (secondary N) is 1. The van der Waals surface area contributed by atoms with Crippen LogP contribution in [0.4, 0.5) is 5.69 Å². The number of hydrogen-bond donors (Lipinski definition) is 1. The number of anilines is 1. The van der Waals surface area contributed by atoms with E-state index in [0.29, 0.717) is 10.6 Å². The highest BCUT2D eigenvalue weighted by Crippen LogP contribution is 2.23. The lowest BCUT2D eigenvalue weighted by atomic mass is 10.2. The van der Waals surface area contributed by atoms with Gasteiger partial charge in [-0.3, -0.25) is 4.79 Å². The van der Waals surface area contributed by atoms with Gasteiger partial charge in [0.2, 0.25) is 0 Å². The smallest absolute Gasteiger partial charge is 0.255 e. The average Bonchev–Trinajstić information content (AvgIpc) is 2.33. The van der Waals surface area contributed by atoms with Crippen molar-refractivity contribution >= 4 is 61.7 Å². The largest absolute Gasteiger partial charge is 0.321 e. The van der Waals surface area contributed by atoms with Crippen molar-refractivity contribution in [3.8, 4) is 0 Å². The van der Waals surface area contributed by atoms with Gasteiger partial charge in [0, 0.05) is 18.6 Å². The summed E-state index contributed by atoms with van der Waals surface area (Å²) in [7, 11) is 0. The van der Waals surface area contributed by atoms with Gasteiger partial charge in [-0.15, -0.1) is 0 Å². The van der Waals surface area contributed by atoms with Crippen molar-refractivity contribution in [1.82, 2.24) is 0 Å². The van der Waals surface area contributed by atoms with E-state index in [4.69, 9.17) is 11.6 Å². The van der Waals surface area contributed by atoms with E-state index in [2.05, 4.69) is 43.8 Å². The third-order valence-electron chi connectivity index (χ3n) is 2.29. The summed E-state index contributed by atoms with van der Waals surface area (Å²) >= 11 is 11.3. The molecule has 2 aromatic rings. The lowest BCUT2D eigenvalue weighted by Gasteiger charge is -2.07. The van der Waals surface area contributed by atoms with Gasteiger partial charge in [-0.2, -0.15) is 0 Å². The Hall–Kier alpha value is -0.590. The summed E-state index contributed by atoms with van der Waals surface area (Å²) in [6, 6.07) is 12.5. The fraction of sp³-hybridized carbons (Fsp3) is 0. The molecule has 0 radical (unpaired) electrons. The molecule has 2 aromatic carbocycles. The van der Waals surface area contributed by atoms with E-state index >= 15 is 0 Å². The summed E-state index contributed by atoms with van der Waals surface area (Å²) in [5.74, 6) is -0.146. The standard InChI is InChI=1S/C13H8BrClINO/c14-9-3-6-12(11(16)7-9)17-13(18)8-1-4-10(15)5-2-8/h1-7H,(H,17,18). The van der Waals surface area contributed by atoms with Crippen LogP contribution in [-0.2, 0) is 0 Å². The number of hydrogen-bond acceptors (Lipinski definition) is 1. The van der Waals surface area contributed by atoms with Crippen LogP contribution in [0.25, 0.3) is 0 Å². The normalized spacial score (nSPS) is 10.2. The van der Waals surface area contributed by atoms with Crippen LogP contribution in [0.2, 0.25) is 5.02 Å². The molecule has 1 amide bonds. The van der Waals surface area contributed by atoms with E-state index < -0.39 is 0 Å². The fourth-order valence-electron chi connectivity index (χ4n) is 1.39. The zero-order valence-electron chi connectivity index (χ0n) is 9.08. The first-order valence-electron chi connectivity index (χ1n) is 5.08. The Bertz CT molecular complexity index is 586. The van der Waals surface area contributed by atoms with E-state index in [0.717, 1.165) is 13.7 Å². The van der Waals surface area contributed by atoms with Crippen LogP contribution in [0.3, 0.4) is 0 Å². The number of benzene rings is 2. The fourth-order valence-corrected chi connectivity index (χ4v) is 2.95. The van der Waals surface area contributed by atoms with Gasteiger partial charge in [0.05, 0.1) is 5.69 Å². The van der Waals surface area contributed by atoms with E-state index in [1.165, 1.54) is 0 Å². The Morgan fingerprint density at radius 3 is 2.44 bits per heavy atom. The molecule has 92 valence electrons. The molecule has 2 nitrogen and oxygen atoms in total. The van der Waals surface area contributed by atoms with Gasteiger partial charge >= 0.3 is 0 Å². The van der Waals surface area contributed by atoms with Crippen molar-refractivity contribution in [3.05, 3.63) is 61.1 Å². The summed E-state index contributed by atoms with van der Waals surface area (Å²) in [4.78, 5) is 12.0. The molecule has 0 aliphatic heterocycles. The maximum absolute atomic E-state index is 12.0. The van der Waals surface area contributed by atoms with Crippen LogP contribution in [0.5, 0.6) is 0 Å². The molecule has 0 aliphatic carbocycles. The first kappa shape index (κ1) is 13.8. The van der Waals surface area contributed by atoms with Gasteiger partial charge in [0.15, 0.2) is 0 Å². The van der Waals surface area contributed by atoms with E-state index in [-0.39, 0.29) is 5.91 Å². The highest BCUT2D eigenvalue weighted by atomic mass is 127. The SMILES string of the molecule is O=C(Nc1ccc(Br)cc1I)c1ccc(Cl)cc1. The van der Waals surface area contributed by atoms with Gasteiger partial charge in [-0.1, -0.05) is 27.5 Å². The van der Waals surface area contributed by atoms with Crippen molar-refractivity contribution in [2.24, 2.45) is 0 Å². The Labute approximate surface area is 132 Å². The molecule has 18 heavy (non-hydrogen) atoms. The molecule has 0 saturated carbocycles. The summed E-state index contributed by atoms with van der Waals surface area (Å²) < 4.78 is 1.96. The summed E-state index contributed by atoms with van der Waals surface area (Å²) in [5.41, 5.74) is 1.37. The quantitative estimate of drug-likeness (QED) is 0.663. The number of halogens is 3. The molecule has 0 heterocycles. The molecule has 0 spiro atoms. The van der Waals surface area contributed by atoms with Gasteiger partial charge in [-0.25, -0.2) is 0 Å². The average molecular weight is 436 g/mol. The van der Waals surface area contributed by atoms with Crippen LogP contribution in [0, 0.1) is 3.57 Å². The summed E-state index contributed by atoms with van der Waals surface area (Å²) in [5, 5.41) is 3.48. The molecule has 0 fully saturated rings. The van der Waals surface area contributed by atoms with Gasteiger partial charge in [0.1, 0.15) is 0 Å². The molecule has 1 N–H and O–H groups in total. The van der Waals surface area contributed by atoms with Crippen LogP contribution in [0.15, 0.2) is 46.9 Å². The Kier molecular flexibility index (Phi) is 4.64. The highest BCUT2D eigenvalue weighted by molar-refractivity contribution is 14.1. The Morgan fingerprint density at radius 1 is 1.17 bits per heavy atom. The van der Waals surface area contributed by atoms with Crippen LogP contribution in [0.1, 0.15) is 10.4 Å². The van der Waals surface area contributed by atoms with Crippen LogP contribution < -0.4 is 5.32 Å². The molecule has 0 unspecified atom stereocenters. The number of amides is 1. The zero-order valence-corrected chi connectivity index (χ0v) is 13.6. The molecular weight excluding hydrogens is 428 g/mol. The van der Waals surface area contributed by atoms with Crippen molar-refractivity contribution in [3.63, 3.8) is 0 Å². The molecule has 5 heteroatoms. The third kappa shape index (κ3) is 3.46. The number of rotatable bonds is 2. The second-order valence-corrected chi connectivity index (χ2v) is 6.10. The molecule has 0 atom stereocenters. The van der Waals surface area contributed by atoms with E-state index in [9.17, 15) is 4.79 Å². The summed E-state index contributed by atoms with van der Waals surface area (Å²) in [6.45, 7) is 0. The molecule has 2 rings (SSSR count). The Morgan fingerprint density at radius 2 is 1.83 bits per heavy atom. The van der Waals surface area contributed by atoms with E-state index in [1.807, 2.05) is 18.2 Å². The molecule has 0 aromatic heterocycles. The Balaban J connectivity index is 2.18. The van der Waals surface area contributed by atoms with Crippen molar-refractivity contribution in [2.75, 3.05) is 5.32 Å². The van der Waals surface area contributed by atoms with Crippen LogP contribution in [-0.4, -0.2) is 5.91 Å². The molecular formula is C13H8BrClINO.